The van der Waals surface area contributed by atoms with E-state index in [4.69, 9.17) is 4.42 Å². The summed E-state index contributed by atoms with van der Waals surface area (Å²) < 4.78 is 5.58. The minimum absolute atomic E-state index is 0.489. The van der Waals surface area contributed by atoms with Gasteiger partial charge >= 0.3 is 0 Å². The van der Waals surface area contributed by atoms with Gasteiger partial charge in [-0.15, -0.1) is 21.5 Å². The summed E-state index contributed by atoms with van der Waals surface area (Å²) in [5.74, 6) is 1.41. The highest BCUT2D eigenvalue weighted by Gasteiger charge is 2.07. The number of thiophene rings is 1. The zero-order chi connectivity index (χ0) is 12.1. The van der Waals surface area contributed by atoms with Crippen LogP contribution in [0.1, 0.15) is 30.5 Å². The van der Waals surface area contributed by atoms with Crippen LogP contribution >= 0.6 is 11.3 Å². The van der Waals surface area contributed by atoms with Gasteiger partial charge in [-0.25, -0.2) is 0 Å². The first kappa shape index (κ1) is 12.3. The molecule has 2 heterocycles. The Morgan fingerprint density at radius 3 is 2.88 bits per heavy atom. The molecule has 17 heavy (non-hydrogen) atoms. The van der Waals surface area contributed by atoms with Crippen molar-refractivity contribution < 1.29 is 4.42 Å². The van der Waals surface area contributed by atoms with E-state index >= 15 is 0 Å². The van der Waals surface area contributed by atoms with Gasteiger partial charge in [-0.05, 0) is 11.4 Å². The first-order valence-corrected chi connectivity index (χ1v) is 6.69. The number of nitrogens with zero attached hydrogens (tertiary/aromatic N) is 2. The lowest BCUT2D eigenvalue weighted by Crippen LogP contribution is -2.25. The quantitative estimate of drug-likeness (QED) is 0.855. The largest absolute Gasteiger partial charge is 0.425 e. The van der Waals surface area contributed by atoms with Crippen LogP contribution in [0, 0.1) is 0 Å². The van der Waals surface area contributed by atoms with Gasteiger partial charge in [-0.3, -0.25) is 0 Å². The van der Waals surface area contributed by atoms with Crippen LogP contribution in [0.5, 0.6) is 0 Å². The van der Waals surface area contributed by atoms with E-state index in [-0.39, 0.29) is 0 Å². The normalized spacial score (nSPS) is 11.2. The van der Waals surface area contributed by atoms with Crippen LogP contribution in [0.25, 0.3) is 0 Å². The molecule has 0 aliphatic heterocycles. The zero-order valence-corrected chi connectivity index (χ0v) is 11.0. The average molecular weight is 251 g/mol. The van der Waals surface area contributed by atoms with Crippen LogP contribution in [0.15, 0.2) is 21.9 Å². The van der Waals surface area contributed by atoms with Gasteiger partial charge in [0.2, 0.25) is 11.8 Å². The van der Waals surface area contributed by atoms with Crippen molar-refractivity contribution in [2.24, 2.45) is 0 Å². The van der Waals surface area contributed by atoms with Crippen LogP contribution in [0.2, 0.25) is 0 Å². The number of hydrogen-bond acceptors (Lipinski definition) is 5. The van der Waals surface area contributed by atoms with E-state index in [0.717, 1.165) is 19.4 Å². The van der Waals surface area contributed by atoms with E-state index < -0.39 is 0 Å². The third-order valence-corrected chi connectivity index (χ3v) is 3.18. The predicted octanol–water partition coefficient (Wildman–Crippen LogP) is 2.26. The molecule has 0 aromatic carbocycles. The lowest BCUT2D eigenvalue weighted by atomic mass is 10.3. The van der Waals surface area contributed by atoms with Gasteiger partial charge in [0.1, 0.15) is 0 Å². The molecule has 4 nitrogen and oxygen atoms in total. The van der Waals surface area contributed by atoms with Gasteiger partial charge in [0, 0.05) is 23.9 Å². The predicted molar refractivity (Wildman–Crippen MR) is 68.3 cm³/mol. The molecule has 2 aromatic rings. The first-order valence-electron chi connectivity index (χ1n) is 5.81. The van der Waals surface area contributed by atoms with E-state index in [9.17, 15) is 0 Å². The average Bonchev–Trinajstić information content (AvgIpc) is 2.90. The van der Waals surface area contributed by atoms with Gasteiger partial charge in [0.25, 0.3) is 0 Å². The Kier molecular flexibility index (Phi) is 4.28. The van der Waals surface area contributed by atoms with Crippen molar-refractivity contribution in [2.45, 2.75) is 32.7 Å². The second-order valence-electron chi connectivity index (χ2n) is 4.20. The van der Waals surface area contributed by atoms with Gasteiger partial charge < -0.3 is 9.73 Å². The fourth-order valence-corrected chi connectivity index (χ4v) is 2.19. The maximum atomic E-state index is 5.58. The van der Waals surface area contributed by atoms with Crippen molar-refractivity contribution in [3.05, 3.63) is 34.2 Å². The second kappa shape index (κ2) is 5.93. The molecule has 0 amide bonds. The monoisotopic (exact) mass is 251 g/mol. The summed E-state index contributed by atoms with van der Waals surface area (Å²) in [5.41, 5.74) is 0. The van der Waals surface area contributed by atoms with E-state index in [0.29, 0.717) is 17.8 Å². The number of aromatic nitrogens is 2. The second-order valence-corrected chi connectivity index (χ2v) is 5.24. The lowest BCUT2D eigenvalue weighted by Gasteiger charge is -2.04. The van der Waals surface area contributed by atoms with Gasteiger partial charge in [0.15, 0.2) is 0 Å². The Morgan fingerprint density at radius 2 is 2.18 bits per heavy atom. The third-order valence-electron chi connectivity index (χ3n) is 2.31. The van der Waals surface area contributed by atoms with Crippen molar-refractivity contribution in [1.82, 2.24) is 15.5 Å². The molecule has 1 N–H and O–H groups in total. The first-order chi connectivity index (χ1) is 8.24. The molecule has 0 aliphatic carbocycles. The molecule has 0 saturated heterocycles. The highest BCUT2D eigenvalue weighted by Crippen LogP contribution is 2.13. The smallest absolute Gasteiger partial charge is 0.221 e. The summed E-state index contributed by atoms with van der Waals surface area (Å²) in [5, 5.41) is 13.5. The minimum Gasteiger partial charge on any atom is -0.425 e. The summed E-state index contributed by atoms with van der Waals surface area (Å²) in [4.78, 5) is 1.25. The lowest BCUT2D eigenvalue weighted by molar-refractivity contribution is 0.447. The fourth-order valence-electron chi connectivity index (χ4n) is 1.49. The van der Waals surface area contributed by atoms with Gasteiger partial charge in [0.05, 0.1) is 6.42 Å². The van der Waals surface area contributed by atoms with Gasteiger partial charge in [-0.2, -0.15) is 0 Å². The molecule has 0 unspecified atom stereocenters. The summed E-state index contributed by atoms with van der Waals surface area (Å²) >= 11 is 1.71. The third kappa shape index (κ3) is 3.94. The van der Waals surface area contributed by atoms with Crippen LogP contribution in [-0.4, -0.2) is 22.8 Å². The Balaban J connectivity index is 1.83. The maximum absolute atomic E-state index is 5.58. The fraction of sp³-hybridized carbons (Fsp3) is 0.500. The highest BCUT2D eigenvalue weighted by molar-refractivity contribution is 7.09. The number of hydrogen-bond donors (Lipinski definition) is 1. The molecule has 0 bridgehead atoms. The van der Waals surface area contributed by atoms with Crippen molar-refractivity contribution >= 4 is 11.3 Å². The Bertz CT molecular complexity index is 436. The Hall–Kier alpha value is -1.20. The Labute approximate surface area is 105 Å². The topological polar surface area (TPSA) is 51.0 Å². The van der Waals surface area contributed by atoms with E-state index in [2.05, 4.69) is 40.8 Å². The van der Waals surface area contributed by atoms with E-state index in [1.165, 1.54) is 4.88 Å². The molecule has 2 rings (SSSR count). The summed E-state index contributed by atoms with van der Waals surface area (Å²) in [6, 6.07) is 4.60. The molecular weight excluding hydrogens is 234 g/mol. The van der Waals surface area contributed by atoms with Crippen molar-refractivity contribution in [2.75, 3.05) is 6.54 Å². The molecule has 5 heteroatoms. The van der Waals surface area contributed by atoms with Crippen molar-refractivity contribution in [3.63, 3.8) is 0 Å². The van der Waals surface area contributed by atoms with Crippen LogP contribution in [0.3, 0.4) is 0 Å². The van der Waals surface area contributed by atoms with Crippen LogP contribution in [-0.2, 0) is 12.8 Å². The maximum Gasteiger partial charge on any atom is 0.221 e. The van der Waals surface area contributed by atoms with Gasteiger partial charge in [-0.1, -0.05) is 19.9 Å². The SMILES string of the molecule is CC(C)NCCc1nnc(Cc2cccs2)o1. The summed E-state index contributed by atoms with van der Waals surface area (Å²) in [7, 11) is 0. The number of rotatable bonds is 6. The Morgan fingerprint density at radius 1 is 1.35 bits per heavy atom. The highest BCUT2D eigenvalue weighted by atomic mass is 32.1. The molecule has 2 aromatic heterocycles. The van der Waals surface area contributed by atoms with E-state index in [1.54, 1.807) is 11.3 Å². The molecule has 92 valence electrons. The molecule has 0 atom stereocenters. The minimum atomic E-state index is 0.489. The standard InChI is InChI=1S/C12H17N3OS/c1-9(2)13-6-5-11-14-15-12(16-11)8-10-4-3-7-17-10/h3-4,7,9,13H,5-6,8H2,1-2H3. The number of nitrogens with one attached hydrogen (secondary N) is 1. The van der Waals surface area contributed by atoms with Crippen LogP contribution in [0.4, 0.5) is 0 Å². The van der Waals surface area contributed by atoms with Crippen LogP contribution < -0.4 is 5.32 Å². The molecule has 0 aliphatic rings. The van der Waals surface area contributed by atoms with Crippen molar-refractivity contribution in [1.29, 1.82) is 0 Å². The summed E-state index contributed by atoms with van der Waals surface area (Å²) in [6.45, 7) is 5.12. The molecule has 0 fully saturated rings. The molecule has 0 spiro atoms. The molecule has 0 radical (unpaired) electrons. The molecular formula is C12H17N3OS. The van der Waals surface area contributed by atoms with E-state index in [1.807, 2.05) is 6.07 Å². The zero-order valence-electron chi connectivity index (χ0n) is 10.1. The van der Waals surface area contributed by atoms with Crippen molar-refractivity contribution in [3.8, 4) is 0 Å². The summed E-state index contributed by atoms with van der Waals surface area (Å²) in [6.07, 6.45) is 1.53. The molecule has 0 saturated carbocycles.